The van der Waals surface area contributed by atoms with E-state index in [4.69, 9.17) is 16.3 Å². The van der Waals surface area contributed by atoms with Gasteiger partial charge in [-0.15, -0.1) is 0 Å². The smallest absolute Gasteiger partial charge is 0.409 e. The molecule has 1 aliphatic heterocycles. The van der Waals surface area contributed by atoms with Crippen LogP contribution in [0.1, 0.15) is 17.3 Å². The van der Waals surface area contributed by atoms with Crippen LogP contribution < -0.4 is 15.8 Å². The lowest BCUT2D eigenvalue weighted by molar-refractivity contribution is -0.142. The molecule has 2 aromatic carbocycles. The summed E-state index contributed by atoms with van der Waals surface area (Å²) in [6, 6.07) is 18.4. The highest BCUT2D eigenvalue weighted by molar-refractivity contribution is 6.33. The number of hydrazine groups is 1. The molecular formula is C24H20ClF3N4O2. The molecule has 176 valence electrons. The van der Waals surface area contributed by atoms with Crippen LogP contribution in [0.2, 0.25) is 5.02 Å². The lowest BCUT2D eigenvalue weighted by atomic mass is 10.0. The average molecular weight is 489 g/mol. The minimum Gasteiger partial charge on any atom is -0.468 e. The number of amides is 1. The first kappa shape index (κ1) is 23.6. The van der Waals surface area contributed by atoms with E-state index in [0.717, 1.165) is 16.6 Å². The maximum atomic E-state index is 13.4. The summed E-state index contributed by atoms with van der Waals surface area (Å²) in [5.41, 5.74) is 3.99. The van der Waals surface area contributed by atoms with Gasteiger partial charge in [0.05, 0.1) is 22.4 Å². The van der Waals surface area contributed by atoms with E-state index in [0.29, 0.717) is 5.69 Å². The Morgan fingerprint density at radius 1 is 1.09 bits per heavy atom. The zero-order chi connectivity index (χ0) is 24.1. The van der Waals surface area contributed by atoms with E-state index in [1.165, 1.54) is 6.07 Å². The molecule has 34 heavy (non-hydrogen) atoms. The Hall–Kier alpha value is -3.56. The molecule has 3 aromatic rings. The first-order chi connectivity index (χ1) is 16.3. The number of aromatic nitrogens is 1. The van der Waals surface area contributed by atoms with Crippen molar-refractivity contribution < 1.29 is 22.7 Å². The van der Waals surface area contributed by atoms with Crippen molar-refractivity contribution in [1.29, 1.82) is 0 Å². The van der Waals surface area contributed by atoms with E-state index in [2.05, 4.69) is 15.7 Å². The van der Waals surface area contributed by atoms with Crippen LogP contribution in [0, 0.1) is 0 Å². The van der Waals surface area contributed by atoms with Gasteiger partial charge in [0, 0.05) is 12.3 Å². The van der Waals surface area contributed by atoms with Gasteiger partial charge in [0.15, 0.2) is 6.61 Å². The Balaban J connectivity index is 1.51. The van der Waals surface area contributed by atoms with E-state index >= 15 is 0 Å². The second-order valence-electron chi connectivity index (χ2n) is 7.39. The van der Waals surface area contributed by atoms with Crippen LogP contribution in [0.5, 0.6) is 0 Å². The van der Waals surface area contributed by atoms with Gasteiger partial charge in [0.2, 0.25) is 5.88 Å². The number of hydrogen-bond donors (Lipinski definition) is 2. The number of carbonyl (C=O) groups excluding carboxylic acids is 1. The summed E-state index contributed by atoms with van der Waals surface area (Å²) in [7, 11) is 0. The lowest BCUT2D eigenvalue weighted by Crippen LogP contribution is -2.45. The number of para-hydroxylation sites is 1. The molecule has 2 atom stereocenters. The third kappa shape index (κ3) is 5.49. The quantitative estimate of drug-likeness (QED) is 0.502. The highest BCUT2D eigenvalue weighted by Crippen LogP contribution is 2.34. The van der Waals surface area contributed by atoms with Crippen LogP contribution in [-0.2, 0) is 9.53 Å². The Labute approximate surface area is 199 Å². The van der Waals surface area contributed by atoms with Gasteiger partial charge in [-0.3, -0.25) is 9.78 Å². The predicted octanol–water partition coefficient (Wildman–Crippen LogP) is 4.75. The minimum atomic E-state index is -4.57. The number of benzene rings is 2. The van der Waals surface area contributed by atoms with Crippen LogP contribution in [0.25, 0.3) is 0 Å². The number of pyridine rings is 1. The van der Waals surface area contributed by atoms with Gasteiger partial charge in [0.1, 0.15) is 6.04 Å². The van der Waals surface area contributed by atoms with Crippen molar-refractivity contribution in [1.82, 2.24) is 15.7 Å². The fourth-order valence-electron chi connectivity index (χ4n) is 3.42. The molecule has 0 fully saturated rings. The number of alkyl halides is 3. The van der Waals surface area contributed by atoms with Crippen molar-refractivity contribution in [3.05, 3.63) is 107 Å². The van der Waals surface area contributed by atoms with Gasteiger partial charge >= 0.3 is 6.18 Å². The Kier molecular flexibility index (Phi) is 7.04. The normalized spacial score (nSPS) is 16.6. The SMILES string of the molecule is O=C(COC1=CC(C(F)(F)F)NN1c1ccccc1Cl)NC(c1ccccc1)c1ccccn1. The van der Waals surface area contributed by atoms with Crippen molar-refractivity contribution in [2.24, 2.45) is 0 Å². The lowest BCUT2D eigenvalue weighted by Gasteiger charge is -2.25. The van der Waals surface area contributed by atoms with Crippen LogP contribution in [0.15, 0.2) is 91.0 Å². The standard InChI is InChI=1S/C24H20ClF3N4O2/c25-17-10-4-5-12-19(17)32-22(14-20(31-32)24(26,27)28)34-15-21(33)30-23(16-8-2-1-3-9-16)18-11-6-7-13-29-18/h1-14,20,23,31H,15H2,(H,30,33). The van der Waals surface area contributed by atoms with Crippen LogP contribution >= 0.6 is 11.6 Å². The molecule has 2 N–H and O–H groups in total. The molecule has 1 aromatic heterocycles. The van der Waals surface area contributed by atoms with E-state index in [1.807, 2.05) is 30.3 Å². The van der Waals surface area contributed by atoms with Gasteiger partial charge in [-0.1, -0.05) is 60.1 Å². The molecule has 0 bridgehead atoms. The van der Waals surface area contributed by atoms with E-state index in [1.54, 1.807) is 42.6 Å². The Morgan fingerprint density at radius 2 is 1.79 bits per heavy atom. The molecule has 0 spiro atoms. The minimum absolute atomic E-state index is 0.181. The molecule has 2 unspecified atom stereocenters. The summed E-state index contributed by atoms with van der Waals surface area (Å²) in [4.78, 5) is 17.1. The molecule has 1 aliphatic rings. The maximum Gasteiger partial charge on any atom is 0.409 e. The second-order valence-corrected chi connectivity index (χ2v) is 7.80. The predicted molar refractivity (Wildman–Crippen MR) is 122 cm³/mol. The summed E-state index contributed by atoms with van der Waals surface area (Å²) in [5.74, 6) is -0.713. The largest absolute Gasteiger partial charge is 0.468 e. The van der Waals surface area contributed by atoms with Crippen molar-refractivity contribution >= 4 is 23.2 Å². The first-order valence-corrected chi connectivity index (χ1v) is 10.7. The van der Waals surface area contributed by atoms with Gasteiger partial charge in [-0.05, 0) is 29.8 Å². The second kappa shape index (κ2) is 10.1. The topological polar surface area (TPSA) is 66.5 Å². The molecule has 0 aliphatic carbocycles. The third-order valence-corrected chi connectivity index (χ3v) is 5.34. The van der Waals surface area contributed by atoms with Crippen LogP contribution in [0.3, 0.4) is 0 Å². The maximum absolute atomic E-state index is 13.4. The first-order valence-electron chi connectivity index (χ1n) is 10.3. The molecule has 6 nitrogen and oxygen atoms in total. The van der Waals surface area contributed by atoms with Crippen molar-refractivity contribution in [3.63, 3.8) is 0 Å². The monoisotopic (exact) mass is 488 g/mol. The van der Waals surface area contributed by atoms with Crippen molar-refractivity contribution in [2.75, 3.05) is 11.6 Å². The Morgan fingerprint density at radius 3 is 2.47 bits per heavy atom. The van der Waals surface area contributed by atoms with Gasteiger partial charge in [-0.25, -0.2) is 10.4 Å². The van der Waals surface area contributed by atoms with Crippen molar-refractivity contribution in [3.8, 4) is 0 Å². The van der Waals surface area contributed by atoms with Gasteiger partial charge in [-0.2, -0.15) is 13.2 Å². The third-order valence-electron chi connectivity index (χ3n) is 5.02. The van der Waals surface area contributed by atoms with Crippen LogP contribution in [0.4, 0.5) is 18.9 Å². The molecule has 0 saturated heterocycles. The summed E-state index contributed by atoms with van der Waals surface area (Å²) >= 11 is 6.17. The number of nitrogens with one attached hydrogen (secondary N) is 2. The fraction of sp³-hybridized carbons (Fsp3) is 0.167. The number of carbonyl (C=O) groups is 1. The zero-order valence-corrected chi connectivity index (χ0v) is 18.4. The average Bonchev–Trinajstić information content (AvgIpc) is 3.27. The molecule has 4 rings (SSSR count). The van der Waals surface area contributed by atoms with E-state index < -0.39 is 30.8 Å². The van der Waals surface area contributed by atoms with Crippen LogP contribution in [-0.4, -0.2) is 29.7 Å². The highest BCUT2D eigenvalue weighted by Gasteiger charge is 2.44. The molecular weight excluding hydrogens is 469 g/mol. The van der Waals surface area contributed by atoms with E-state index in [-0.39, 0.29) is 16.6 Å². The molecule has 2 heterocycles. The molecule has 0 saturated carbocycles. The molecule has 10 heteroatoms. The van der Waals surface area contributed by atoms with Gasteiger partial charge < -0.3 is 10.1 Å². The summed E-state index contributed by atoms with van der Waals surface area (Å²) < 4.78 is 45.6. The summed E-state index contributed by atoms with van der Waals surface area (Å²) in [6.07, 6.45) is -2.09. The number of nitrogens with zero attached hydrogens (tertiary/aromatic N) is 2. The fourth-order valence-corrected chi connectivity index (χ4v) is 3.64. The summed E-state index contributed by atoms with van der Waals surface area (Å²) in [5, 5.41) is 4.14. The van der Waals surface area contributed by atoms with Gasteiger partial charge in [0.25, 0.3) is 5.91 Å². The Bertz CT molecular complexity index is 1120. The van der Waals surface area contributed by atoms with Crippen molar-refractivity contribution in [2.45, 2.75) is 18.3 Å². The van der Waals surface area contributed by atoms with E-state index in [9.17, 15) is 18.0 Å². The number of ether oxygens (including phenoxy) is 1. The number of anilines is 1. The molecule has 0 radical (unpaired) electrons. The zero-order valence-electron chi connectivity index (χ0n) is 17.7. The highest BCUT2D eigenvalue weighted by atomic mass is 35.5. The number of halogens is 4. The summed E-state index contributed by atoms with van der Waals surface area (Å²) in [6.45, 7) is -0.519. The molecule has 1 amide bonds. The number of rotatable bonds is 7. The number of hydrogen-bond acceptors (Lipinski definition) is 5.